The van der Waals surface area contributed by atoms with Gasteiger partial charge in [-0.25, -0.2) is 9.97 Å². The summed E-state index contributed by atoms with van der Waals surface area (Å²) in [6, 6.07) is 45.6. The highest BCUT2D eigenvalue weighted by Gasteiger charge is 2.16. The molecule has 0 spiro atoms. The largest absolute Gasteiger partial charge is 0.256 e. The average molecular weight is 587 g/mol. The van der Waals surface area contributed by atoms with E-state index in [0.29, 0.717) is 0 Å². The van der Waals surface area contributed by atoms with Crippen LogP contribution in [0.2, 0.25) is 0 Å². The number of pyridine rings is 2. The summed E-state index contributed by atoms with van der Waals surface area (Å²) in [5.74, 6) is 0. The van der Waals surface area contributed by atoms with Crippen LogP contribution in [0.1, 0.15) is 0 Å². The highest BCUT2D eigenvalue weighted by atomic mass is 14.8. The Morgan fingerprint density at radius 1 is 0.370 bits per heavy atom. The summed E-state index contributed by atoms with van der Waals surface area (Å²) in [7, 11) is 0. The highest BCUT2D eigenvalue weighted by molar-refractivity contribution is 6.27. The van der Waals surface area contributed by atoms with E-state index in [1.54, 1.807) is 6.33 Å². The monoisotopic (exact) mass is 586 g/mol. The number of nitrogens with zero attached hydrogens (tertiary/aromatic N) is 4. The van der Waals surface area contributed by atoms with Crippen molar-refractivity contribution < 1.29 is 0 Å². The molecular formula is C42H26N4. The van der Waals surface area contributed by atoms with Gasteiger partial charge in [0.1, 0.15) is 6.33 Å². The first-order valence-electron chi connectivity index (χ1n) is 15.3. The van der Waals surface area contributed by atoms with Crippen molar-refractivity contribution in [2.24, 2.45) is 0 Å². The van der Waals surface area contributed by atoms with Gasteiger partial charge in [-0.3, -0.25) is 9.97 Å². The molecule has 0 unspecified atom stereocenters. The molecule has 46 heavy (non-hydrogen) atoms. The summed E-state index contributed by atoms with van der Waals surface area (Å²) in [6.07, 6.45) is 8.95. The predicted molar refractivity (Wildman–Crippen MR) is 189 cm³/mol. The van der Waals surface area contributed by atoms with Crippen LogP contribution < -0.4 is 0 Å². The van der Waals surface area contributed by atoms with Gasteiger partial charge in [-0.15, -0.1) is 0 Å². The molecule has 3 heterocycles. The topological polar surface area (TPSA) is 51.6 Å². The lowest BCUT2D eigenvalue weighted by Gasteiger charge is -2.17. The van der Waals surface area contributed by atoms with E-state index >= 15 is 0 Å². The van der Waals surface area contributed by atoms with Gasteiger partial charge in [-0.05, 0) is 103 Å². The van der Waals surface area contributed by atoms with E-state index in [0.717, 1.165) is 39.2 Å². The lowest BCUT2D eigenvalue weighted by molar-refractivity contribution is 1.17. The van der Waals surface area contributed by atoms with Gasteiger partial charge >= 0.3 is 0 Å². The molecule has 4 nitrogen and oxygen atoms in total. The first kappa shape index (κ1) is 26.2. The Hall–Kier alpha value is -6.26. The normalized spacial score (nSPS) is 11.5. The number of hydrogen-bond acceptors (Lipinski definition) is 4. The molecular weight excluding hydrogens is 560 g/mol. The van der Waals surface area contributed by atoms with E-state index in [4.69, 9.17) is 0 Å². The average Bonchev–Trinajstić information content (AvgIpc) is 3.14. The summed E-state index contributed by atoms with van der Waals surface area (Å²) >= 11 is 0. The van der Waals surface area contributed by atoms with Crippen LogP contribution in [0, 0.1) is 0 Å². The molecule has 0 saturated heterocycles. The van der Waals surface area contributed by atoms with Crippen LogP contribution in [0.4, 0.5) is 0 Å². The van der Waals surface area contributed by atoms with Gasteiger partial charge in [0.05, 0.1) is 11.4 Å². The summed E-state index contributed by atoms with van der Waals surface area (Å²) in [5, 5.41) is 7.54. The summed E-state index contributed by atoms with van der Waals surface area (Å²) < 4.78 is 0. The zero-order valence-corrected chi connectivity index (χ0v) is 24.8. The molecule has 0 aliphatic heterocycles. The minimum absolute atomic E-state index is 0.940. The second-order valence-electron chi connectivity index (χ2n) is 11.6. The predicted octanol–water partition coefficient (Wildman–Crippen LogP) is 10.5. The molecule has 4 heteroatoms. The Labute approximate surface area is 266 Å². The van der Waals surface area contributed by atoms with E-state index in [1.165, 1.54) is 49.0 Å². The molecule has 3 aromatic heterocycles. The maximum absolute atomic E-state index is 4.68. The molecule has 9 rings (SSSR count). The van der Waals surface area contributed by atoms with Crippen LogP contribution in [0.15, 0.2) is 159 Å². The molecule has 6 aromatic carbocycles. The summed E-state index contributed by atoms with van der Waals surface area (Å²) in [6.45, 7) is 0. The highest BCUT2D eigenvalue weighted by Crippen LogP contribution is 2.43. The van der Waals surface area contributed by atoms with Crippen molar-refractivity contribution >= 4 is 32.3 Å². The third kappa shape index (κ3) is 4.39. The SMILES string of the molecule is c1ccc(-c2cc(-c3ccccn3)cc(-c3ccc4ccc5c(-c6ccc(-c7cncnc7)cc6)ccc6ccc3c4c65)c2)nc1. The molecule has 0 amide bonds. The summed E-state index contributed by atoms with van der Waals surface area (Å²) in [5.41, 5.74) is 10.9. The first-order valence-corrected chi connectivity index (χ1v) is 15.3. The van der Waals surface area contributed by atoms with Crippen molar-refractivity contribution in [3.63, 3.8) is 0 Å². The van der Waals surface area contributed by atoms with Crippen molar-refractivity contribution in [2.75, 3.05) is 0 Å². The van der Waals surface area contributed by atoms with Gasteiger partial charge in [0.2, 0.25) is 0 Å². The van der Waals surface area contributed by atoms with E-state index in [9.17, 15) is 0 Å². The lowest BCUT2D eigenvalue weighted by Crippen LogP contribution is -1.92. The second-order valence-corrected chi connectivity index (χ2v) is 11.6. The number of rotatable bonds is 5. The van der Waals surface area contributed by atoms with Crippen LogP contribution >= 0.6 is 0 Å². The van der Waals surface area contributed by atoms with E-state index in [2.05, 4.69) is 123 Å². The summed E-state index contributed by atoms with van der Waals surface area (Å²) in [4.78, 5) is 17.7. The van der Waals surface area contributed by atoms with Crippen molar-refractivity contribution in [1.29, 1.82) is 0 Å². The van der Waals surface area contributed by atoms with Crippen molar-refractivity contribution in [1.82, 2.24) is 19.9 Å². The van der Waals surface area contributed by atoms with Crippen molar-refractivity contribution in [2.45, 2.75) is 0 Å². The Balaban J connectivity index is 1.24. The maximum Gasteiger partial charge on any atom is 0.115 e. The molecule has 0 bridgehead atoms. The van der Waals surface area contributed by atoms with Gasteiger partial charge in [0.25, 0.3) is 0 Å². The van der Waals surface area contributed by atoms with Gasteiger partial charge in [0.15, 0.2) is 0 Å². The van der Waals surface area contributed by atoms with Crippen molar-refractivity contribution in [3.8, 4) is 55.9 Å². The molecule has 0 aliphatic carbocycles. The lowest BCUT2D eigenvalue weighted by atomic mass is 9.86. The Kier molecular flexibility index (Phi) is 6.10. The zero-order valence-electron chi connectivity index (χ0n) is 24.8. The molecule has 0 aliphatic rings. The van der Waals surface area contributed by atoms with Crippen LogP contribution in [0.5, 0.6) is 0 Å². The Morgan fingerprint density at radius 3 is 1.41 bits per heavy atom. The van der Waals surface area contributed by atoms with Gasteiger partial charge in [-0.2, -0.15) is 0 Å². The third-order valence-electron chi connectivity index (χ3n) is 8.92. The second kappa shape index (κ2) is 10.7. The van der Waals surface area contributed by atoms with E-state index < -0.39 is 0 Å². The Bertz CT molecular complexity index is 2430. The smallest absolute Gasteiger partial charge is 0.115 e. The van der Waals surface area contributed by atoms with Crippen molar-refractivity contribution in [3.05, 3.63) is 159 Å². The van der Waals surface area contributed by atoms with E-state index in [-0.39, 0.29) is 0 Å². The molecule has 0 fully saturated rings. The van der Waals surface area contributed by atoms with Gasteiger partial charge in [-0.1, -0.05) is 84.9 Å². The quantitative estimate of drug-likeness (QED) is 0.188. The maximum atomic E-state index is 4.68. The fraction of sp³-hybridized carbons (Fsp3) is 0. The molecule has 214 valence electrons. The van der Waals surface area contributed by atoms with Gasteiger partial charge in [0, 0.05) is 41.5 Å². The van der Waals surface area contributed by atoms with Gasteiger partial charge < -0.3 is 0 Å². The molecule has 0 atom stereocenters. The minimum atomic E-state index is 0.940. The number of benzene rings is 6. The molecule has 0 N–H and O–H groups in total. The number of aromatic nitrogens is 4. The molecule has 9 aromatic rings. The fourth-order valence-electron chi connectivity index (χ4n) is 6.74. The fourth-order valence-corrected chi connectivity index (χ4v) is 6.74. The third-order valence-corrected chi connectivity index (χ3v) is 8.92. The standard InChI is InChI=1S/C42H26N4/c1-3-19-45-39(5-1)32-21-31(22-33(23-32)40-6-2-4-20-46-40)36-16-12-30-13-17-37-35(15-11-29-14-18-38(36)42(30)41(29)37)28-9-7-27(8-10-28)34-24-43-26-44-25-34/h1-26H. The number of hydrogen-bond donors (Lipinski definition) is 0. The first-order chi connectivity index (χ1) is 22.8. The molecule has 0 radical (unpaired) electrons. The van der Waals surface area contributed by atoms with Crippen LogP contribution in [-0.4, -0.2) is 19.9 Å². The van der Waals surface area contributed by atoms with Crippen LogP contribution in [0.25, 0.3) is 88.2 Å². The minimum Gasteiger partial charge on any atom is -0.256 e. The zero-order chi connectivity index (χ0) is 30.5. The van der Waals surface area contributed by atoms with E-state index in [1.807, 2.05) is 49.1 Å². The van der Waals surface area contributed by atoms with Crippen LogP contribution in [-0.2, 0) is 0 Å². The van der Waals surface area contributed by atoms with Crippen LogP contribution in [0.3, 0.4) is 0 Å². The Morgan fingerprint density at radius 2 is 0.870 bits per heavy atom. The molecule has 0 saturated carbocycles.